The number of nitrogens with zero attached hydrogens (tertiary/aromatic N) is 1. The van der Waals surface area contributed by atoms with E-state index in [9.17, 15) is 21.6 Å². The maximum absolute atomic E-state index is 13.0. The fourth-order valence-electron chi connectivity index (χ4n) is 2.20. The summed E-state index contributed by atoms with van der Waals surface area (Å²) in [6.07, 6.45) is -4.81. The molecule has 0 atom stereocenters. The molecule has 0 aromatic heterocycles. The highest BCUT2D eigenvalue weighted by Crippen LogP contribution is 2.35. The molecule has 0 amide bonds. The minimum atomic E-state index is -4.81. The van der Waals surface area contributed by atoms with Gasteiger partial charge < -0.3 is 4.74 Å². The van der Waals surface area contributed by atoms with Crippen LogP contribution in [0.3, 0.4) is 0 Å². The number of sulfonamides is 1. The molecule has 1 fully saturated rings. The van der Waals surface area contributed by atoms with Crippen molar-refractivity contribution in [2.45, 2.75) is 11.1 Å². The van der Waals surface area contributed by atoms with Crippen LogP contribution in [0.2, 0.25) is 5.02 Å². The summed E-state index contributed by atoms with van der Waals surface area (Å²) in [4.78, 5) is 1.15. The zero-order chi connectivity index (χ0) is 17.1. The summed E-state index contributed by atoms with van der Waals surface area (Å²) in [5, 5.41) is -0.176. The van der Waals surface area contributed by atoms with E-state index < -0.39 is 26.7 Å². The van der Waals surface area contributed by atoms with E-state index in [-0.39, 0.29) is 11.6 Å². The van der Waals surface area contributed by atoms with Crippen LogP contribution >= 0.6 is 11.6 Å². The molecule has 0 bridgehead atoms. The lowest BCUT2D eigenvalue weighted by molar-refractivity contribution is -0.139. The molecule has 1 aliphatic rings. The Bertz CT molecular complexity index is 646. The summed E-state index contributed by atoms with van der Waals surface area (Å²) in [6, 6.07) is 2.59. The quantitative estimate of drug-likeness (QED) is 0.858. The van der Waals surface area contributed by atoms with E-state index in [1.807, 2.05) is 4.90 Å². The molecule has 130 valence electrons. The molecule has 1 heterocycles. The molecule has 1 aromatic carbocycles. The number of alkyl halides is 3. The van der Waals surface area contributed by atoms with Gasteiger partial charge in [-0.15, -0.1) is 0 Å². The normalized spacial score (nSPS) is 17.4. The molecule has 0 spiro atoms. The standard InChI is InChI=1S/C13H16ClF3N2O3S/c14-10-1-2-12(11(9-10)13(15,16)17)23(20,21)18-3-4-19-5-7-22-8-6-19/h1-2,9,18H,3-8H2. The van der Waals surface area contributed by atoms with Gasteiger partial charge in [0.05, 0.1) is 23.7 Å². The summed E-state index contributed by atoms with van der Waals surface area (Å²) < 4.78 is 70.7. The highest BCUT2D eigenvalue weighted by atomic mass is 35.5. The van der Waals surface area contributed by atoms with Gasteiger partial charge in [-0.1, -0.05) is 11.6 Å². The second kappa shape index (κ2) is 7.35. The predicted molar refractivity (Wildman–Crippen MR) is 78.9 cm³/mol. The van der Waals surface area contributed by atoms with Crippen molar-refractivity contribution in [3.63, 3.8) is 0 Å². The number of ether oxygens (including phenoxy) is 1. The lowest BCUT2D eigenvalue weighted by Crippen LogP contribution is -2.41. The van der Waals surface area contributed by atoms with Crippen molar-refractivity contribution in [1.29, 1.82) is 0 Å². The third-order valence-corrected chi connectivity index (χ3v) is 5.11. The third kappa shape index (κ3) is 5.05. The summed E-state index contributed by atoms with van der Waals surface area (Å²) in [5.41, 5.74) is -1.27. The molecule has 1 aliphatic heterocycles. The maximum Gasteiger partial charge on any atom is 0.417 e. The van der Waals surface area contributed by atoms with E-state index in [1.165, 1.54) is 0 Å². The average molecular weight is 373 g/mol. The van der Waals surface area contributed by atoms with Crippen LogP contribution in [0, 0.1) is 0 Å². The van der Waals surface area contributed by atoms with Gasteiger partial charge in [-0.3, -0.25) is 4.90 Å². The Hall–Kier alpha value is -0.870. The van der Waals surface area contributed by atoms with Crippen LogP contribution in [-0.4, -0.2) is 52.7 Å². The van der Waals surface area contributed by atoms with E-state index in [0.717, 1.165) is 12.1 Å². The molecule has 1 aromatic rings. The van der Waals surface area contributed by atoms with E-state index in [2.05, 4.69) is 4.72 Å². The first-order chi connectivity index (χ1) is 10.7. The Morgan fingerprint density at radius 1 is 1.26 bits per heavy atom. The molecule has 5 nitrogen and oxygen atoms in total. The highest BCUT2D eigenvalue weighted by molar-refractivity contribution is 7.89. The summed E-state index contributed by atoms with van der Waals surface area (Å²) in [6.45, 7) is 2.86. The van der Waals surface area contributed by atoms with E-state index in [4.69, 9.17) is 16.3 Å². The van der Waals surface area contributed by atoms with Crippen LogP contribution in [0.1, 0.15) is 5.56 Å². The van der Waals surface area contributed by atoms with Crippen molar-refractivity contribution in [3.05, 3.63) is 28.8 Å². The minimum absolute atomic E-state index is 0.0161. The second-order valence-corrected chi connectivity index (χ2v) is 7.16. The number of hydrogen-bond acceptors (Lipinski definition) is 4. The zero-order valence-corrected chi connectivity index (χ0v) is 13.6. The van der Waals surface area contributed by atoms with Gasteiger partial charge in [-0.05, 0) is 18.2 Å². The first-order valence-corrected chi connectivity index (χ1v) is 8.73. The van der Waals surface area contributed by atoms with Crippen LogP contribution in [0.4, 0.5) is 13.2 Å². The Balaban J connectivity index is 2.10. The Labute approximate surface area is 137 Å². The number of benzene rings is 1. The van der Waals surface area contributed by atoms with Crippen molar-refractivity contribution >= 4 is 21.6 Å². The summed E-state index contributed by atoms with van der Waals surface area (Å²) in [7, 11) is -4.28. The molecule has 1 N–H and O–H groups in total. The first kappa shape index (κ1) is 18.5. The fraction of sp³-hybridized carbons (Fsp3) is 0.538. The molecule has 2 rings (SSSR count). The van der Waals surface area contributed by atoms with E-state index >= 15 is 0 Å². The Kier molecular flexibility index (Phi) is 5.90. The minimum Gasteiger partial charge on any atom is -0.379 e. The smallest absolute Gasteiger partial charge is 0.379 e. The van der Waals surface area contributed by atoms with Gasteiger partial charge in [-0.2, -0.15) is 13.2 Å². The van der Waals surface area contributed by atoms with Gasteiger partial charge in [0, 0.05) is 31.2 Å². The van der Waals surface area contributed by atoms with Crippen molar-refractivity contribution < 1.29 is 26.3 Å². The van der Waals surface area contributed by atoms with Crippen molar-refractivity contribution in [2.24, 2.45) is 0 Å². The zero-order valence-electron chi connectivity index (χ0n) is 12.1. The van der Waals surface area contributed by atoms with Crippen LogP contribution < -0.4 is 4.72 Å². The molecule has 1 saturated heterocycles. The third-order valence-electron chi connectivity index (χ3n) is 3.36. The van der Waals surface area contributed by atoms with E-state index in [0.29, 0.717) is 38.9 Å². The van der Waals surface area contributed by atoms with Crippen LogP contribution in [0.25, 0.3) is 0 Å². The first-order valence-electron chi connectivity index (χ1n) is 6.87. The van der Waals surface area contributed by atoms with Gasteiger partial charge in [0.2, 0.25) is 10.0 Å². The van der Waals surface area contributed by atoms with E-state index in [1.54, 1.807) is 0 Å². The Morgan fingerprint density at radius 3 is 2.52 bits per heavy atom. The summed E-state index contributed by atoms with van der Waals surface area (Å²) in [5.74, 6) is 0. The molecule has 10 heteroatoms. The van der Waals surface area contributed by atoms with Crippen LogP contribution in [0.5, 0.6) is 0 Å². The Morgan fingerprint density at radius 2 is 1.91 bits per heavy atom. The van der Waals surface area contributed by atoms with Gasteiger partial charge in [0.25, 0.3) is 0 Å². The molecular weight excluding hydrogens is 357 g/mol. The van der Waals surface area contributed by atoms with Crippen molar-refractivity contribution in [2.75, 3.05) is 39.4 Å². The SMILES string of the molecule is O=S(=O)(NCCN1CCOCC1)c1ccc(Cl)cc1C(F)(F)F. The van der Waals surface area contributed by atoms with Gasteiger partial charge in [-0.25, -0.2) is 13.1 Å². The van der Waals surface area contributed by atoms with Crippen molar-refractivity contribution in [1.82, 2.24) is 9.62 Å². The monoisotopic (exact) mass is 372 g/mol. The molecule has 0 aliphatic carbocycles. The molecule has 23 heavy (non-hydrogen) atoms. The van der Waals surface area contributed by atoms with Gasteiger partial charge >= 0.3 is 6.18 Å². The fourth-order valence-corrected chi connectivity index (χ4v) is 3.60. The average Bonchev–Trinajstić information content (AvgIpc) is 2.47. The summed E-state index contributed by atoms with van der Waals surface area (Å²) >= 11 is 5.55. The van der Waals surface area contributed by atoms with Gasteiger partial charge in [0.15, 0.2) is 0 Å². The molecule has 0 radical (unpaired) electrons. The van der Waals surface area contributed by atoms with Crippen molar-refractivity contribution in [3.8, 4) is 0 Å². The predicted octanol–water partition coefficient (Wildman–Crippen LogP) is 1.97. The molecule has 0 unspecified atom stereocenters. The number of rotatable bonds is 5. The number of halogens is 4. The number of nitrogens with one attached hydrogen (secondary N) is 1. The van der Waals surface area contributed by atoms with Crippen LogP contribution in [-0.2, 0) is 20.9 Å². The topological polar surface area (TPSA) is 58.6 Å². The highest BCUT2D eigenvalue weighted by Gasteiger charge is 2.37. The molecular formula is C13H16ClF3N2O3S. The van der Waals surface area contributed by atoms with Crippen LogP contribution in [0.15, 0.2) is 23.1 Å². The second-order valence-electron chi connectivity index (χ2n) is 4.99. The molecule has 0 saturated carbocycles. The lowest BCUT2D eigenvalue weighted by Gasteiger charge is -2.26. The lowest BCUT2D eigenvalue weighted by atomic mass is 10.2. The largest absolute Gasteiger partial charge is 0.417 e. The number of hydrogen-bond donors (Lipinski definition) is 1. The maximum atomic E-state index is 13.0. The number of morpholine rings is 1. The van der Waals surface area contributed by atoms with Gasteiger partial charge in [0.1, 0.15) is 0 Å².